The van der Waals surface area contributed by atoms with Gasteiger partial charge in [-0.05, 0) is 74.3 Å². The van der Waals surface area contributed by atoms with Crippen molar-refractivity contribution in [2.75, 3.05) is 19.6 Å². The molecule has 40 heavy (non-hydrogen) atoms. The maximum atomic E-state index is 13.9. The highest BCUT2D eigenvalue weighted by molar-refractivity contribution is 5.74. The molecular weight excluding hydrogens is 518 g/mol. The van der Waals surface area contributed by atoms with Gasteiger partial charge in [0.25, 0.3) is 0 Å². The summed E-state index contributed by atoms with van der Waals surface area (Å²) in [5.74, 6) is -3.30. The van der Waals surface area contributed by atoms with Crippen molar-refractivity contribution in [3.8, 4) is 0 Å². The van der Waals surface area contributed by atoms with E-state index in [2.05, 4.69) is 38.2 Å². The minimum absolute atomic E-state index is 0.0193. The first-order valence-electron chi connectivity index (χ1n) is 13.7. The van der Waals surface area contributed by atoms with Crippen LogP contribution in [-0.4, -0.2) is 58.5 Å². The van der Waals surface area contributed by atoms with Crippen molar-refractivity contribution in [3.05, 3.63) is 70.8 Å². The number of carbonyl (C=O) groups excluding carboxylic acids is 1. The van der Waals surface area contributed by atoms with Gasteiger partial charge in [0, 0.05) is 31.2 Å². The number of piperidine rings is 1. The van der Waals surface area contributed by atoms with Gasteiger partial charge < -0.3 is 25.2 Å². The predicted molar refractivity (Wildman–Crippen MR) is 149 cm³/mol. The number of esters is 1. The summed E-state index contributed by atoms with van der Waals surface area (Å²) >= 11 is 0. The fourth-order valence-corrected chi connectivity index (χ4v) is 5.11. The first kappa shape index (κ1) is 31.5. The lowest BCUT2D eigenvalue weighted by atomic mass is 9.77. The Balaban J connectivity index is 1.91. The van der Waals surface area contributed by atoms with Crippen LogP contribution in [-0.2, 0) is 26.9 Å². The molecule has 2 aromatic rings. The molecule has 2 atom stereocenters. The van der Waals surface area contributed by atoms with Crippen LogP contribution in [0.1, 0.15) is 71.1 Å². The van der Waals surface area contributed by atoms with E-state index in [9.17, 15) is 28.6 Å². The van der Waals surface area contributed by atoms with Gasteiger partial charge in [0.05, 0.1) is 12.0 Å². The van der Waals surface area contributed by atoms with Gasteiger partial charge >= 0.3 is 12.1 Å². The van der Waals surface area contributed by atoms with Crippen LogP contribution < -0.4 is 5.32 Å². The third kappa shape index (κ3) is 8.24. The number of aliphatic hydroxyl groups is 1. The molecule has 3 rings (SSSR count). The lowest BCUT2D eigenvalue weighted by Crippen LogP contribution is -2.55. The van der Waals surface area contributed by atoms with Gasteiger partial charge in [-0.3, -0.25) is 4.79 Å². The Morgan fingerprint density at radius 3 is 2.15 bits per heavy atom. The number of hydrogen-bond acceptors (Lipinski definition) is 5. The largest absolute Gasteiger partial charge is 0.465 e. The molecular formula is C31H42F2N2O5. The molecule has 1 heterocycles. The highest BCUT2D eigenvalue weighted by Gasteiger charge is 2.40. The summed E-state index contributed by atoms with van der Waals surface area (Å²) in [6, 6.07) is 11.2. The maximum Gasteiger partial charge on any atom is 0.407 e. The number of benzene rings is 2. The first-order chi connectivity index (χ1) is 18.5. The number of carbonyl (C=O) groups is 2. The van der Waals surface area contributed by atoms with E-state index in [1.807, 2.05) is 12.1 Å². The fourth-order valence-electron chi connectivity index (χ4n) is 5.11. The van der Waals surface area contributed by atoms with E-state index in [-0.39, 0.29) is 23.9 Å². The van der Waals surface area contributed by atoms with E-state index in [1.165, 1.54) is 4.90 Å². The second-order valence-corrected chi connectivity index (χ2v) is 12.8. The van der Waals surface area contributed by atoms with Crippen LogP contribution in [0.5, 0.6) is 0 Å². The SMILES string of the molecule is CC(C)(C)OC(=O)C(Cc1cc(F)cc(F)c1)C(O)CNC1(c2cccc(C(C)(C)C)c2)CCN(C(=O)O)CC1. The number of rotatable bonds is 8. The van der Waals surface area contributed by atoms with Crippen molar-refractivity contribution in [1.29, 1.82) is 0 Å². The zero-order chi connectivity index (χ0) is 29.9. The molecule has 1 fully saturated rings. The number of hydrogen-bond donors (Lipinski definition) is 3. The number of carboxylic acid groups (broad SMARTS) is 1. The summed E-state index contributed by atoms with van der Waals surface area (Å²) in [6.45, 7) is 12.1. The number of halogens is 2. The Kier molecular flexibility index (Phi) is 9.62. The molecule has 9 heteroatoms. The molecule has 2 unspecified atom stereocenters. The zero-order valence-corrected chi connectivity index (χ0v) is 24.3. The minimum Gasteiger partial charge on any atom is -0.465 e. The Labute approximate surface area is 235 Å². The molecule has 0 radical (unpaired) electrons. The summed E-state index contributed by atoms with van der Waals surface area (Å²) in [4.78, 5) is 26.2. The van der Waals surface area contributed by atoms with Crippen LogP contribution in [0.3, 0.4) is 0 Å². The molecule has 220 valence electrons. The number of ether oxygens (including phenoxy) is 1. The van der Waals surface area contributed by atoms with Crippen molar-refractivity contribution in [2.45, 2.75) is 83.5 Å². The van der Waals surface area contributed by atoms with E-state index in [4.69, 9.17) is 4.74 Å². The second-order valence-electron chi connectivity index (χ2n) is 12.8. The van der Waals surface area contributed by atoms with Gasteiger partial charge in [0.1, 0.15) is 17.2 Å². The van der Waals surface area contributed by atoms with E-state index in [0.717, 1.165) is 29.3 Å². The molecule has 0 saturated carbocycles. The molecule has 0 aromatic heterocycles. The summed E-state index contributed by atoms with van der Waals surface area (Å²) in [5.41, 5.74) is 0.728. The average Bonchev–Trinajstić information content (AvgIpc) is 2.84. The third-order valence-corrected chi connectivity index (χ3v) is 7.37. The quantitative estimate of drug-likeness (QED) is 0.375. The van der Waals surface area contributed by atoms with Crippen LogP contribution in [0, 0.1) is 17.6 Å². The molecule has 1 saturated heterocycles. The Bertz CT molecular complexity index is 1180. The molecule has 1 aliphatic heterocycles. The monoisotopic (exact) mass is 560 g/mol. The third-order valence-electron chi connectivity index (χ3n) is 7.37. The lowest BCUT2D eigenvalue weighted by Gasteiger charge is -2.43. The van der Waals surface area contributed by atoms with Crippen molar-refractivity contribution in [1.82, 2.24) is 10.2 Å². The van der Waals surface area contributed by atoms with Gasteiger partial charge in [-0.1, -0.05) is 45.0 Å². The molecule has 0 aliphatic carbocycles. The minimum atomic E-state index is -1.25. The summed E-state index contributed by atoms with van der Waals surface area (Å²) in [7, 11) is 0. The number of nitrogens with zero attached hydrogens (tertiary/aromatic N) is 1. The molecule has 2 aromatic carbocycles. The van der Waals surface area contributed by atoms with E-state index >= 15 is 0 Å². The predicted octanol–water partition coefficient (Wildman–Crippen LogP) is 5.38. The van der Waals surface area contributed by atoms with Crippen LogP contribution in [0.2, 0.25) is 0 Å². The topological polar surface area (TPSA) is 99.1 Å². The average molecular weight is 561 g/mol. The van der Waals surface area contributed by atoms with Crippen LogP contribution >= 0.6 is 0 Å². The van der Waals surface area contributed by atoms with Gasteiger partial charge in [0.15, 0.2) is 0 Å². The van der Waals surface area contributed by atoms with Crippen molar-refractivity contribution in [2.24, 2.45) is 5.92 Å². The number of amides is 1. The summed E-state index contributed by atoms with van der Waals surface area (Å²) < 4.78 is 33.4. The molecule has 3 N–H and O–H groups in total. The Morgan fingerprint density at radius 2 is 1.62 bits per heavy atom. The summed E-state index contributed by atoms with van der Waals surface area (Å²) in [6.07, 6.45) is -1.42. The van der Waals surface area contributed by atoms with E-state index in [1.54, 1.807) is 20.8 Å². The van der Waals surface area contributed by atoms with Crippen LogP contribution in [0.15, 0.2) is 42.5 Å². The maximum absolute atomic E-state index is 13.9. The fraction of sp³-hybridized carbons (Fsp3) is 0.548. The highest BCUT2D eigenvalue weighted by Crippen LogP contribution is 2.36. The Morgan fingerprint density at radius 1 is 1.02 bits per heavy atom. The lowest BCUT2D eigenvalue weighted by molar-refractivity contribution is -0.164. The van der Waals surface area contributed by atoms with Crippen molar-refractivity contribution >= 4 is 12.1 Å². The Hall–Kier alpha value is -3.04. The number of aliphatic hydroxyl groups excluding tert-OH is 1. The van der Waals surface area contributed by atoms with Crippen LogP contribution in [0.4, 0.5) is 13.6 Å². The second kappa shape index (κ2) is 12.2. The first-order valence-corrected chi connectivity index (χ1v) is 13.7. The van der Waals surface area contributed by atoms with E-state index in [0.29, 0.717) is 25.9 Å². The highest BCUT2D eigenvalue weighted by atomic mass is 19.1. The smallest absolute Gasteiger partial charge is 0.407 e. The number of likely N-dealkylation sites (tertiary alicyclic amines) is 1. The van der Waals surface area contributed by atoms with Crippen molar-refractivity contribution in [3.63, 3.8) is 0 Å². The molecule has 7 nitrogen and oxygen atoms in total. The van der Waals surface area contributed by atoms with Crippen LogP contribution in [0.25, 0.3) is 0 Å². The molecule has 1 aliphatic rings. The molecule has 1 amide bonds. The molecule has 0 bridgehead atoms. The zero-order valence-electron chi connectivity index (χ0n) is 24.3. The van der Waals surface area contributed by atoms with Crippen molar-refractivity contribution < 1.29 is 33.3 Å². The summed E-state index contributed by atoms with van der Waals surface area (Å²) in [5, 5.41) is 24.3. The van der Waals surface area contributed by atoms with Gasteiger partial charge in [-0.15, -0.1) is 0 Å². The normalized spacial score (nSPS) is 17.3. The molecule has 0 spiro atoms. The van der Waals surface area contributed by atoms with Gasteiger partial charge in [0.2, 0.25) is 0 Å². The number of nitrogens with one attached hydrogen (secondary N) is 1. The standard InChI is InChI=1S/C31H42F2N2O5/c1-29(2,3)21-8-7-9-22(17-21)31(10-12-35(13-11-31)28(38)39)34-19-26(36)25(27(37)40-30(4,5)6)16-20-14-23(32)18-24(33)15-20/h7-9,14-15,17-18,25-26,34,36H,10-13,16,19H2,1-6H3,(H,38,39). The van der Waals surface area contributed by atoms with Gasteiger partial charge in [-0.25, -0.2) is 13.6 Å². The van der Waals surface area contributed by atoms with E-state index < -0.39 is 46.9 Å². The van der Waals surface area contributed by atoms with Gasteiger partial charge in [-0.2, -0.15) is 0 Å².